The number of amides is 3. The van der Waals surface area contributed by atoms with Crippen molar-refractivity contribution in [2.45, 2.75) is 20.4 Å². The summed E-state index contributed by atoms with van der Waals surface area (Å²) in [5, 5.41) is 9.16. The van der Waals surface area contributed by atoms with E-state index in [1.807, 2.05) is 32.0 Å². The highest BCUT2D eigenvalue weighted by atomic mass is 16.5. The molecule has 0 aliphatic heterocycles. The zero-order valence-electron chi connectivity index (χ0n) is 20.3. The molecular formula is C27H28N4O5. The molecule has 0 spiro atoms. The van der Waals surface area contributed by atoms with Crippen LogP contribution in [0.1, 0.15) is 22.3 Å². The average molecular weight is 489 g/mol. The third kappa shape index (κ3) is 7.98. The monoisotopic (exact) mass is 488 g/mol. The van der Waals surface area contributed by atoms with E-state index in [1.54, 1.807) is 55.6 Å². The van der Waals surface area contributed by atoms with E-state index in [0.717, 1.165) is 22.4 Å². The molecule has 0 atom stereocenters. The third-order valence-electron chi connectivity index (χ3n) is 5.12. The number of ether oxygens (including phenoxy) is 2. The van der Waals surface area contributed by atoms with E-state index in [2.05, 4.69) is 21.2 Å². The zero-order chi connectivity index (χ0) is 25.9. The molecule has 0 fully saturated rings. The van der Waals surface area contributed by atoms with Crippen molar-refractivity contribution in [1.82, 2.24) is 10.7 Å². The summed E-state index contributed by atoms with van der Waals surface area (Å²) in [6.45, 7) is 3.95. The molecular weight excluding hydrogens is 460 g/mol. The third-order valence-corrected chi connectivity index (χ3v) is 5.12. The second-order valence-electron chi connectivity index (χ2n) is 7.95. The molecule has 0 aromatic heterocycles. The molecule has 0 aliphatic rings. The number of methoxy groups -OCH3 is 1. The molecule has 36 heavy (non-hydrogen) atoms. The lowest BCUT2D eigenvalue weighted by Crippen LogP contribution is -2.37. The van der Waals surface area contributed by atoms with Crippen LogP contribution in [0.2, 0.25) is 0 Å². The molecule has 3 aromatic rings. The van der Waals surface area contributed by atoms with E-state index >= 15 is 0 Å². The van der Waals surface area contributed by atoms with Gasteiger partial charge in [0, 0.05) is 12.2 Å². The molecule has 3 aromatic carbocycles. The molecule has 0 unspecified atom stereocenters. The minimum Gasteiger partial charge on any atom is -0.497 e. The second-order valence-corrected chi connectivity index (χ2v) is 7.95. The van der Waals surface area contributed by atoms with Crippen molar-refractivity contribution in [2.24, 2.45) is 5.10 Å². The molecule has 0 heterocycles. The Hall–Kier alpha value is -4.66. The largest absolute Gasteiger partial charge is 0.497 e. The van der Waals surface area contributed by atoms with Crippen LogP contribution in [0.3, 0.4) is 0 Å². The fourth-order valence-electron chi connectivity index (χ4n) is 3.08. The molecule has 0 radical (unpaired) electrons. The van der Waals surface area contributed by atoms with E-state index in [0.29, 0.717) is 17.1 Å². The fraction of sp³-hybridized carbons (Fsp3) is 0.185. The highest BCUT2D eigenvalue weighted by Gasteiger charge is 2.12. The Kier molecular flexibility index (Phi) is 9.16. The van der Waals surface area contributed by atoms with E-state index in [1.165, 1.54) is 6.21 Å². The van der Waals surface area contributed by atoms with Crippen molar-refractivity contribution in [2.75, 3.05) is 19.0 Å². The van der Waals surface area contributed by atoms with Gasteiger partial charge in [-0.2, -0.15) is 5.10 Å². The molecule has 0 saturated carbocycles. The standard InChI is InChI=1S/C27H28N4O5/c1-18-4-5-19(2)24(14-18)30-25(32)17-36-23-12-8-21(9-13-23)16-29-31-27(34)26(33)28-15-20-6-10-22(35-3)11-7-20/h4-14,16H,15,17H2,1-3H3,(H,28,33)(H,30,32)(H,31,34)/b29-16-. The number of carbonyl (C=O) groups excluding carboxylic acids is 3. The highest BCUT2D eigenvalue weighted by Crippen LogP contribution is 2.17. The number of nitrogens with one attached hydrogen (secondary N) is 3. The van der Waals surface area contributed by atoms with Gasteiger partial charge in [-0.3, -0.25) is 14.4 Å². The maximum atomic E-state index is 12.2. The van der Waals surface area contributed by atoms with Crippen molar-refractivity contribution >= 4 is 29.6 Å². The summed E-state index contributed by atoms with van der Waals surface area (Å²) in [5.41, 5.74) is 6.46. The maximum Gasteiger partial charge on any atom is 0.329 e. The number of hydrogen-bond donors (Lipinski definition) is 3. The number of hydrogen-bond acceptors (Lipinski definition) is 6. The van der Waals surface area contributed by atoms with E-state index in [9.17, 15) is 14.4 Å². The van der Waals surface area contributed by atoms with Crippen molar-refractivity contribution in [3.05, 3.63) is 89.0 Å². The molecule has 186 valence electrons. The molecule has 0 aliphatic carbocycles. The van der Waals surface area contributed by atoms with Gasteiger partial charge < -0.3 is 20.1 Å². The number of rotatable bonds is 9. The van der Waals surface area contributed by atoms with Crippen LogP contribution in [-0.2, 0) is 20.9 Å². The lowest BCUT2D eigenvalue weighted by Gasteiger charge is -2.10. The van der Waals surface area contributed by atoms with Gasteiger partial charge in [-0.1, -0.05) is 24.3 Å². The van der Waals surface area contributed by atoms with Crippen LogP contribution in [0.4, 0.5) is 5.69 Å². The molecule has 3 N–H and O–H groups in total. The smallest absolute Gasteiger partial charge is 0.329 e. The number of carbonyl (C=O) groups is 3. The SMILES string of the molecule is COc1ccc(CNC(=O)C(=O)N/N=C\c2ccc(OCC(=O)Nc3cc(C)ccc3C)cc2)cc1. The molecule has 3 rings (SSSR count). The molecule has 0 saturated heterocycles. The molecule has 0 bridgehead atoms. The second kappa shape index (κ2) is 12.7. The molecule has 9 heteroatoms. The number of hydrazone groups is 1. The number of anilines is 1. The van der Waals surface area contributed by atoms with Crippen LogP contribution in [0.5, 0.6) is 11.5 Å². The minimum absolute atomic E-state index is 0.136. The Labute approximate surface area is 209 Å². The lowest BCUT2D eigenvalue weighted by atomic mass is 10.1. The Morgan fingerprint density at radius 2 is 1.58 bits per heavy atom. The van der Waals surface area contributed by atoms with Gasteiger partial charge in [0.05, 0.1) is 13.3 Å². The highest BCUT2D eigenvalue weighted by molar-refractivity contribution is 6.35. The first-order chi connectivity index (χ1) is 17.3. The van der Waals surface area contributed by atoms with Crippen molar-refractivity contribution in [1.29, 1.82) is 0 Å². The van der Waals surface area contributed by atoms with Gasteiger partial charge in [-0.05, 0) is 78.6 Å². The zero-order valence-corrected chi connectivity index (χ0v) is 20.3. The van der Waals surface area contributed by atoms with Crippen LogP contribution in [0.15, 0.2) is 71.8 Å². The van der Waals surface area contributed by atoms with Gasteiger partial charge in [-0.15, -0.1) is 0 Å². The van der Waals surface area contributed by atoms with E-state index in [-0.39, 0.29) is 19.1 Å². The predicted octanol–water partition coefficient (Wildman–Crippen LogP) is 3.10. The van der Waals surface area contributed by atoms with Gasteiger partial charge in [0.25, 0.3) is 5.91 Å². The first-order valence-electron chi connectivity index (χ1n) is 11.2. The number of benzene rings is 3. The summed E-state index contributed by atoms with van der Waals surface area (Å²) < 4.78 is 10.6. The lowest BCUT2D eigenvalue weighted by molar-refractivity contribution is -0.139. The van der Waals surface area contributed by atoms with Crippen LogP contribution in [0.25, 0.3) is 0 Å². The Bertz CT molecular complexity index is 1240. The van der Waals surface area contributed by atoms with Crippen molar-refractivity contribution in [3.8, 4) is 11.5 Å². The van der Waals surface area contributed by atoms with Crippen LogP contribution >= 0.6 is 0 Å². The van der Waals surface area contributed by atoms with Crippen LogP contribution < -0.4 is 25.5 Å². The summed E-state index contributed by atoms with van der Waals surface area (Å²) in [6.07, 6.45) is 1.39. The molecule has 3 amide bonds. The van der Waals surface area contributed by atoms with Gasteiger partial charge in [0.1, 0.15) is 11.5 Å². The summed E-state index contributed by atoms with van der Waals surface area (Å²) in [6, 6.07) is 19.7. The van der Waals surface area contributed by atoms with Crippen LogP contribution in [0, 0.1) is 13.8 Å². The van der Waals surface area contributed by atoms with Gasteiger partial charge in [-0.25, -0.2) is 5.43 Å². The quantitative estimate of drug-likeness (QED) is 0.243. The minimum atomic E-state index is -0.880. The van der Waals surface area contributed by atoms with Gasteiger partial charge in [0.15, 0.2) is 6.61 Å². The van der Waals surface area contributed by atoms with Crippen LogP contribution in [-0.4, -0.2) is 37.7 Å². The topological polar surface area (TPSA) is 118 Å². The van der Waals surface area contributed by atoms with Crippen molar-refractivity contribution < 1.29 is 23.9 Å². The summed E-state index contributed by atoms with van der Waals surface area (Å²) in [4.78, 5) is 36.0. The van der Waals surface area contributed by atoms with Gasteiger partial charge in [0.2, 0.25) is 0 Å². The predicted molar refractivity (Wildman–Crippen MR) is 137 cm³/mol. The van der Waals surface area contributed by atoms with E-state index < -0.39 is 11.8 Å². The average Bonchev–Trinajstić information content (AvgIpc) is 2.89. The first kappa shape index (κ1) is 26.0. The fourth-order valence-corrected chi connectivity index (χ4v) is 3.08. The summed E-state index contributed by atoms with van der Waals surface area (Å²) in [5.74, 6) is -0.733. The normalized spacial score (nSPS) is 10.5. The number of nitrogens with zero attached hydrogens (tertiary/aromatic N) is 1. The summed E-state index contributed by atoms with van der Waals surface area (Å²) >= 11 is 0. The Morgan fingerprint density at radius 3 is 2.28 bits per heavy atom. The van der Waals surface area contributed by atoms with Gasteiger partial charge >= 0.3 is 11.8 Å². The Balaban J connectivity index is 1.40. The first-order valence-corrected chi connectivity index (χ1v) is 11.2. The maximum absolute atomic E-state index is 12.2. The van der Waals surface area contributed by atoms with Crippen molar-refractivity contribution in [3.63, 3.8) is 0 Å². The Morgan fingerprint density at radius 1 is 0.889 bits per heavy atom. The summed E-state index contributed by atoms with van der Waals surface area (Å²) in [7, 11) is 1.57. The van der Waals surface area contributed by atoms with E-state index in [4.69, 9.17) is 9.47 Å². The molecule has 9 nitrogen and oxygen atoms in total. The number of aryl methyl sites for hydroxylation is 2.